The van der Waals surface area contributed by atoms with Crippen molar-refractivity contribution in [2.45, 2.75) is 20.0 Å². The highest BCUT2D eigenvalue weighted by Crippen LogP contribution is 2.16. The van der Waals surface area contributed by atoms with Gasteiger partial charge in [0.2, 0.25) is 0 Å². The first-order chi connectivity index (χ1) is 12.9. The lowest BCUT2D eigenvalue weighted by molar-refractivity contribution is -0.148. The van der Waals surface area contributed by atoms with E-state index in [-0.39, 0.29) is 5.78 Å². The minimum atomic E-state index is -1.04. The number of nitrogens with zero attached hydrogens (tertiary/aromatic N) is 1. The Bertz CT molecular complexity index is 924. The summed E-state index contributed by atoms with van der Waals surface area (Å²) in [6.45, 7) is 2.85. The van der Waals surface area contributed by atoms with Gasteiger partial charge in [-0.05, 0) is 49.8 Å². The first-order valence-corrected chi connectivity index (χ1v) is 8.20. The van der Waals surface area contributed by atoms with Gasteiger partial charge in [-0.15, -0.1) is 0 Å². The summed E-state index contributed by atoms with van der Waals surface area (Å²) in [5, 5.41) is 11.3. The quantitative estimate of drug-likeness (QED) is 0.483. The maximum absolute atomic E-state index is 12.2. The fourth-order valence-corrected chi connectivity index (χ4v) is 2.23. The first-order valence-electron chi connectivity index (χ1n) is 8.20. The highest BCUT2D eigenvalue weighted by atomic mass is 16.5. The Morgan fingerprint density at radius 1 is 1.11 bits per heavy atom. The average Bonchev–Trinajstić information content (AvgIpc) is 2.67. The second-order valence-electron chi connectivity index (χ2n) is 5.74. The van der Waals surface area contributed by atoms with Gasteiger partial charge < -0.3 is 10.1 Å². The smallest absolute Gasteiger partial charge is 0.331 e. The monoisotopic (exact) mass is 362 g/mol. The SMILES string of the molecule is CC(=O)c1ccccc1NC(=O)[C@H](C)OC(=O)/C=C/c1ccc(C#N)cc1. The zero-order valence-electron chi connectivity index (χ0n) is 14.9. The molecule has 0 heterocycles. The molecule has 0 aliphatic carbocycles. The number of Topliss-reactive ketones (excluding diaryl/α,β-unsaturated/α-hetero) is 1. The molecule has 0 fully saturated rings. The van der Waals surface area contributed by atoms with E-state index in [0.717, 1.165) is 5.56 Å². The number of esters is 1. The van der Waals surface area contributed by atoms with Crippen molar-refractivity contribution in [2.24, 2.45) is 0 Å². The molecule has 0 saturated heterocycles. The number of nitrogens with one attached hydrogen (secondary N) is 1. The van der Waals surface area contributed by atoms with Crippen LogP contribution in [0.2, 0.25) is 0 Å². The molecule has 27 heavy (non-hydrogen) atoms. The fraction of sp³-hybridized carbons (Fsp3) is 0.143. The molecule has 2 aromatic rings. The minimum Gasteiger partial charge on any atom is -0.449 e. The molecular formula is C21H18N2O4. The maximum atomic E-state index is 12.2. The third-order valence-corrected chi connectivity index (χ3v) is 3.68. The van der Waals surface area contributed by atoms with Crippen LogP contribution >= 0.6 is 0 Å². The third kappa shape index (κ3) is 5.65. The fourth-order valence-electron chi connectivity index (χ4n) is 2.23. The van der Waals surface area contributed by atoms with Crippen LogP contribution in [0, 0.1) is 11.3 Å². The zero-order valence-corrected chi connectivity index (χ0v) is 14.9. The van der Waals surface area contributed by atoms with Crippen molar-refractivity contribution in [3.63, 3.8) is 0 Å². The highest BCUT2D eigenvalue weighted by molar-refractivity contribution is 6.05. The Labute approximate surface area is 157 Å². The van der Waals surface area contributed by atoms with Crippen LogP contribution in [0.25, 0.3) is 6.08 Å². The van der Waals surface area contributed by atoms with Crippen LogP contribution in [0.4, 0.5) is 5.69 Å². The summed E-state index contributed by atoms with van der Waals surface area (Å²) in [5.74, 6) is -1.40. The molecule has 0 aromatic heterocycles. The van der Waals surface area contributed by atoms with E-state index in [2.05, 4.69) is 5.32 Å². The Hall–Kier alpha value is -3.72. The predicted molar refractivity (Wildman–Crippen MR) is 101 cm³/mol. The number of hydrogen-bond acceptors (Lipinski definition) is 5. The first kappa shape index (κ1) is 19.6. The van der Waals surface area contributed by atoms with Crippen LogP contribution in [0.15, 0.2) is 54.6 Å². The summed E-state index contributed by atoms with van der Waals surface area (Å²) in [4.78, 5) is 35.7. The summed E-state index contributed by atoms with van der Waals surface area (Å²) < 4.78 is 5.08. The van der Waals surface area contributed by atoms with Crippen molar-refractivity contribution in [3.05, 3.63) is 71.3 Å². The van der Waals surface area contributed by atoms with E-state index in [1.165, 1.54) is 26.0 Å². The van der Waals surface area contributed by atoms with Crippen LogP contribution in [-0.4, -0.2) is 23.8 Å². The van der Waals surface area contributed by atoms with Crippen molar-refractivity contribution in [1.82, 2.24) is 0 Å². The van der Waals surface area contributed by atoms with Gasteiger partial charge in [0, 0.05) is 11.6 Å². The molecule has 0 aliphatic rings. The van der Waals surface area contributed by atoms with E-state index in [9.17, 15) is 14.4 Å². The molecule has 0 aliphatic heterocycles. The van der Waals surface area contributed by atoms with Gasteiger partial charge in [0.1, 0.15) is 0 Å². The average molecular weight is 362 g/mol. The Kier molecular flexibility index (Phi) is 6.61. The van der Waals surface area contributed by atoms with Gasteiger partial charge in [-0.3, -0.25) is 9.59 Å². The van der Waals surface area contributed by atoms with Gasteiger partial charge in [-0.1, -0.05) is 24.3 Å². The molecule has 2 aromatic carbocycles. The number of anilines is 1. The van der Waals surface area contributed by atoms with Crippen LogP contribution in [0.5, 0.6) is 0 Å². The van der Waals surface area contributed by atoms with E-state index in [1.54, 1.807) is 48.5 Å². The number of ether oxygens (including phenoxy) is 1. The molecule has 1 N–H and O–H groups in total. The second kappa shape index (κ2) is 9.11. The van der Waals surface area contributed by atoms with Gasteiger partial charge in [0.05, 0.1) is 17.3 Å². The van der Waals surface area contributed by atoms with E-state index >= 15 is 0 Å². The highest BCUT2D eigenvalue weighted by Gasteiger charge is 2.18. The van der Waals surface area contributed by atoms with E-state index in [1.807, 2.05) is 6.07 Å². The summed E-state index contributed by atoms with van der Waals surface area (Å²) in [6, 6.07) is 15.3. The number of ketones is 1. The number of amides is 1. The molecule has 0 saturated carbocycles. The Morgan fingerprint density at radius 2 is 1.78 bits per heavy atom. The number of nitriles is 1. The number of hydrogen-bond donors (Lipinski definition) is 1. The normalized spacial score (nSPS) is 11.4. The van der Waals surface area contributed by atoms with Crippen molar-refractivity contribution < 1.29 is 19.1 Å². The van der Waals surface area contributed by atoms with E-state index in [0.29, 0.717) is 16.8 Å². The van der Waals surface area contributed by atoms with Gasteiger partial charge in [0.15, 0.2) is 11.9 Å². The van der Waals surface area contributed by atoms with Gasteiger partial charge in [-0.25, -0.2) is 4.79 Å². The topological polar surface area (TPSA) is 96.3 Å². The van der Waals surface area contributed by atoms with Gasteiger partial charge >= 0.3 is 5.97 Å². The van der Waals surface area contributed by atoms with Gasteiger partial charge in [0.25, 0.3) is 5.91 Å². The third-order valence-electron chi connectivity index (χ3n) is 3.68. The zero-order chi connectivity index (χ0) is 19.8. The van der Waals surface area contributed by atoms with Crippen LogP contribution < -0.4 is 5.32 Å². The molecule has 0 bridgehead atoms. The standard InChI is InChI=1S/C21H18N2O4/c1-14(24)18-5-3-4-6-19(18)23-21(26)15(2)27-20(25)12-11-16-7-9-17(13-22)10-8-16/h3-12,15H,1-2H3,(H,23,26)/b12-11+/t15-/m0/s1. The summed E-state index contributed by atoms with van der Waals surface area (Å²) in [5.41, 5.74) is 1.99. The lowest BCUT2D eigenvalue weighted by Crippen LogP contribution is -2.30. The van der Waals surface area contributed by atoms with Crippen LogP contribution in [-0.2, 0) is 14.3 Å². The molecular weight excluding hydrogens is 344 g/mol. The molecule has 0 unspecified atom stereocenters. The predicted octanol–water partition coefficient (Wildman–Crippen LogP) is 3.34. The van der Waals surface area contributed by atoms with Crippen molar-refractivity contribution in [1.29, 1.82) is 5.26 Å². The minimum absolute atomic E-state index is 0.180. The maximum Gasteiger partial charge on any atom is 0.331 e. The number of carbonyl (C=O) groups excluding carboxylic acids is 3. The van der Waals surface area contributed by atoms with Crippen molar-refractivity contribution in [3.8, 4) is 6.07 Å². The van der Waals surface area contributed by atoms with Gasteiger partial charge in [-0.2, -0.15) is 5.26 Å². The van der Waals surface area contributed by atoms with Crippen LogP contribution in [0.1, 0.15) is 35.3 Å². The van der Waals surface area contributed by atoms with Crippen LogP contribution in [0.3, 0.4) is 0 Å². The van der Waals surface area contributed by atoms with Crippen molar-refractivity contribution >= 4 is 29.4 Å². The number of carbonyl (C=O) groups is 3. The number of para-hydroxylation sites is 1. The summed E-state index contributed by atoms with van der Waals surface area (Å²) >= 11 is 0. The lowest BCUT2D eigenvalue weighted by atomic mass is 10.1. The molecule has 2 rings (SSSR count). The molecule has 136 valence electrons. The summed E-state index contributed by atoms with van der Waals surface area (Å²) in [6.07, 6.45) is 1.69. The van der Waals surface area contributed by atoms with E-state index < -0.39 is 18.0 Å². The lowest BCUT2D eigenvalue weighted by Gasteiger charge is -2.14. The number of benzene rings is 2. The largest absolute Gasteiger partial charge is 0.449 e. The molecule has 1 amide bonds. The van der Waals surface area contributed by atoms with E-state index in [4.69, 9.17) is 10.00 Å². The van der Waals surface area contributed by atoms with Crippen molar-refractivity contribution in [2.75, 3.05) is 5.32 Å². The molecule has 0 radical (unpaired) electrons. The molecule has 6 heteroatoms. The summed E-state index contributed by atoms with van der Waals surface area (Å²) in [7, 11) is 0. The molecule has 0 spiro atoms. The second-order valence-corrected chi connectivity index (χ2v) is 5.74. The number of rotatable bonds is 6. The molecule has 6 nitrogen and oxygen atoms in total. The Balaban J connectivity index is 1.95. The Morgan fingerprint density at radius 3 is 2.41 bits per heavy atom. The molecule has 1 atom stereocenters.